The minimum atomic E-state index is -0.366. The Morgan fingerprint density at radius 2 is 1.61 bits per heavy atom. The van der Waals surface area contributed by atoms with Gasteiger partial charge in [-0.1, -0.05) is 57.4 Å². The zero-order valence-corrected chi connectivity index (χ0v) is 21.2. The number of amides is 2. The Hall–Kier alpha value is -3.48. The van der Waals surface area contributed by atoms with E-state index in [2.05, 4.69) is 6.92 Å². The lowest BCUT2D eigenvalue weighted by atomic mass is 10.1. The summed E-state index contributed by atoms with van der Waals surface area (Å²) in [6.45, 7) is 4.71. The molecule has 7 heteroatoms. The van der Waals surface area contributed by atoms with Crippen LogP contribution >= 0.6 is 0 Å². The van der Waals surface area contributed by atoms with Gasteiger partial charge in [-0.25, -0.2) is 4.39 Å². The van der Waals surface area contributed by atoms with Crippen molar-refractivity contribution in [2.45, 2.75) is 65.5 Å². The zero-order valence-electron chi connectivity index (χ0n) is 21.2. The molecular formula is C29H35FN2O4. The normalized spacial score (nSPS) is 11.0. The van der Waals surface area contributed by atoms with Gasteiger partial charge < -0.3 is 14.2 Å². The Labute approximate surface area is 211 Å². The fourth-order valence-electron chi connectivity index (χ4n) is 4.16. The van der Waals surface area contributed by atoms with Crippen LogP contribution in [0.4, 0.5) is 4.39 Å². The van der Waals surface area contributed by atoms with Crippen LogP contribution in [0, 0.1) is 5.82 Å². The van der Waals surface area contributed by atoms with Gasteiger partial charge in [0.25, 0.3) is 0 Å². The molecule has 2 aromatic carbocycles. The number of para-hydroxylation sites is 1. The number of hydrogen-bond acceptors (Lipinski definition) is 4. The molecule has 6 nitrogen and oxygen atoms in total. The average Bonchev–Trinajstić information content (AvgIpc) is 2.88. The third kappa shape index (κ3) is 7.51. The molecule has 0 bridgehead atoms. The Kier molecular flexibility index (Phi) is 10.2. The van der Waals surface area contributed by atoms with Gasteiger partial charge in [0.15, 0.2) is 5.43 Å². The maximum atomic E-state index is 13.5. The number of hydrogen-bond donors (Lipinski definition) is 0. The lowest BCUT2D eigenvalue weighted by Crippen LogP contribution is -2.43. The lowest BCUT2D eigenvalue weighted by molar-refractivity contribution is -0.141. The summed E-state index contributed by atoms with van der Waals surface area (Å²) in [5.74, 6) is -0.676. The summed E-state index contributed by atoms with van der Waals surface area (Å²) in [5, 5.41) is 0.444. The Morgan fingerprint density at radius 1 is 0.861 bits per heavy atom. The summed E-state index contributed by atoms with van der Waals surface area (Å²) in [5.41, 5.74) is 1.34. The second-order valence-electron chi connectivity index (χ2n) is 9.09. The lowest BCUT2D eigenvalue weighted by Gasteiger charge is -2.28. The van der Waals surface area contributed by atoms with Crippen molar-refractivity contribution in [2.24, 2.45) is 0 Å². The van der Waals surface area contributed by atoms with E-state index in [9.17, 15) is 18.8 Å². The first-order chi connectivity index (χ1) is 17.4. The summed E-state index contributed by atoms with van der Waals surface area (Å²) < 4.78 is 19.1. The van der Waals surface area contributed by atoms with E-state index in [1.165, 1.54) is 23.3 Å². The first kappa shape index (κ1) is 27.1. The van der Waals surface area contributed by atoms with Gasteiger partial charge in [-0.15, -0.1) is 0 Å². The van der Waals surface area contributed by atoms with Crippen LogP contribution < -0.4 is 5.43 Å². The molecule has 1 aromatic heterocycles. The second-order valence-corrected chi connectivity index (χ2v) is 9.09. The Bertz CT molecular complexity index is 1210. The third-order valence-corrected chi connectivity index (χ3v) is 6.17. The first-order valence-electron chi connectivity index (χ1n) is 12.7. The monoisotopic (exact) mass is 494 g/mol. The minimum Gasteiger partial charge on any atom is -0.464 e. The van der Waals surface area contributed by atoms with Gasteiger partial charge in [0.2, 0.25) is 11.8 Å². The molecule has 3 rings (SSSR count). The smallest absolute Gasteiger partial charge is 0.242 e. The predicted molar refractivity (Wildman–Crippen MR) is 139 cm³/mol. The van der Waals surface area contributed by atoms with Crippen molar-refractivity contribution in [3.8, 4) is 0 Å². The van der Waals surface area contributed by atoms with Gasteiger partial charge in [0.1, 0.15) is 11.4 Å². The topological polar surface area (TPSA) is 70.8 Å². The highest BCUT2D eigenvalue weighted by molar-refractivity contribution is 5.85. The van der Waals surface area contributed by atoms with Crippen molar-refractivity contribution in [2.75, 3.05) is 13.1 Å². The maximum Gasteiger partial charge on any atom is 0.242 e. The number of carbonyl (C=O) groups excluding carboxylic acids is 2. The molecule has 0 aliphatic carbocycles. The highest BCUT2D eigenvalue weighted by Gasteiger charge is 2.22. The van der Waals surface area contributed by atoms with Crippen LogP contribution in [0.15, 0.2) is 64.0 Å². The molecule has 0 atom stereocenters. The SMILES string of the molecule is CCCCCCC(=O)N(CCC)CC(=O)N(Cc1ccc(F)cc1)Cc1coc2ccccc2c1=O. The molecule has 2 amide bonds. The zero-order chi connectivity index (χ0) is 25.9. The van der Waals surface area contributed by atoms with Gasteiger partial charge >= 0.3 is 0 Å². The van der Waals surface area contributed by atoms with Crippen molar-refractivity contribution < 1.29 is 18.4 Å². The molecule has 0 saturated carbocycles. The van der Waals surface area contributed by atoms with Crippen LogP contribution in [0.1, 0.15) is 63.5 Å². The number of benzene rings is 2. The molecule has 192 valence electrons. The van der Waals surface area contributed by atoms with Gasteiger partial charge in [0.05, 0.1) is 30.3 Å². The number of halogens is 1. The summed E-state index contributed by atoms with van der Waals surface area (Å²) in [6.07, 6.45) is 6.51. The maximum absolute atomic E-state index is 13.5. The predicted octanol–water partition coefficient (Wildman–Crippen LogP) is 5.67. The molecular weight excluding hydrogens is 459 g/mol. The van der Waals surface area contributed by atoms with Crippen molar-refractivity contribution in [1.82, 2.24) is 9.80 Å². The fourth-order valence-corrected chi connectivity index (χ4v) is 4.16. The van der Waals surface area contributed by atoms with Crippen molar-refractivity contribution in [1.29, 1.82) is 0 Å². The molecule has 0 unspecified atom stereocenters. The second kappa shape index (κ2) is 13.6. The molecule has 0 fully saturated rings. The van der Waals surface area contributed by atoms with Gasteiger partial charge in [0, 0.05) is 19.5 Å². The first-order valence-corrected chi connectivity index (χ1v) is 12.7. The van der Waals surface area contributed by atoms with E-state index in [1.807, 2.05) is 6.92 Å². The van der Waals surface area contributed by atoms with Crippen LogP contribution in [-0.2, 0) is 22.7 Å². The molecule has 0 saturated heterocycles. The van der Waals surface area contributed by atoms with E-state index in [4.69, 9.17) is 4.42 Å². The van der Waals surface area contributed by atoms with Crippen LogP contribution in [0.3, 0.4) is 0 Å². The molecule has 36 heavy (non-hydrogen) atoms. The molecule has 3 aromatic rings. The average molecular weight is 495 g/mol. The number of carbonyl (C=O) groups is 2. The van der Waals surface area contributed by atoms with Crippen molar-refractivity contribution in [3.05, 3.63) is 82.0 Å². The summed E-state index contributed by atoms with van der Waals surface area (Å²) in [7, 11) is 0. The highest BCUT2D eigenvalue weighted by atomic mass is 19.1. The van der Waals surface area contributed by atoms with Crippen molar-refractivity contribution in [3.63, 3.8) is 0 Å². The summed E-state index contributed by atoms with van der Waals surface area (Å²) in [4.78, 5) is 42.6. The van der Waals surface area contributed by atoms with Gasteiger partial charge in [-0.05, 0) is 42.7 Å². The van der Waals surface area contributed by atoms with Crippen molar-refractivity contribution >= 4 is 22.8 Å². The molecule has 0 aliphatic heterocycles. The summed E-state index contributed by atoms with van der Waals surface area (Å²) >= 11 is 0. The molecule has 0 radical (unpaired) electrons. The molecule has 1 heterocycles. The quantitative estimate of drug-likeness (QED) is 0.287. The standard InChI is InChI=1S/C29H35FN2O4/c1-3-5-6-7-12-27(33)31(17-4-2)20-28(34)32(18-22-13-15-24(30)16-14-22)19-23-21-36-26-11-9-8-10-25(26)29(23)35/h8-11,13-16,21H,3-7,12,17-20H2,1-2H3. The van der Waals surface area contributed by atoms with Crippen LogP contribution in [0.25, 0.3) is 11.0 Å². The summed E-state index contributed by atoms with van der Waals surface area (Å²) in [6, 6.07) is 12.9. The number of nitrogens with zero attached hydrogens (tertiary/aromatic N) is 2. The van der Waals surface area contributed by atoms with E-state index in [0.717, 1.165) is 37.7 Å². The number of unbranched alkanes of at least 4 members (excludes halogenated alkanes) is 3. The minimum absolute atomic E-state index is 0.0219. The molecule has 0 aliphatic rings. The Balaban J connectivity index is 1.82. The van der Waals surface area contributed by atoms with Crippen LogP contribution in [0.5, 0.6) is 0 Å². The highest BCUT2D eigenvalue weighted by Crippen LogP contribution is 2.15. The van der Waals surface area contributed by atoms with Gasteiger partial charge in [-0.3, -0.25) is 14.4 Å². The number of fused-ring (bicyclic) bond motifs is 1. The molecule has 0 spiro atoms. The van der Waals surface area contributed by atoms with E-state index >= 15 is 0 Å². The van der Waals surface area contributed by atoms with E-state index in [-0.39, 0.29) is 42.7 Å². The largest absolute Gasteiger partial charge is 0.464 e. The van der Waals surface area contributed by atoms with E-state index in [1.54, 1.807) is 41.3 Å². The van der Waals surface area contributed by atoms with Gasteiger partial charge in [-0.2, -0.15) is 0 Å². The van der Waals surface area contributed by atoms with Crippen LogP contribution in [-0.4, -0.2) is 34.7 Å². The van der Waals surface area contributed by atoms with E-state index in [0.29, 0.717) is 29.5 Å². The molecule has 0 N–H and O–H groups in total. The van der Waals surface area contributed by atoms with Crippen LogP contribution in [0.2, 0.25) is 0 Å². The third-order valence-electron chi connectivity index (χ3n) is 6.17. The van der Waals surface area contributed by atoms with E-state index < -0.39 is 0 Å². The Morgan fingerprint density at radius 3 is 2.33 bits per heavy atom. The fraction of sp³-hybridized carbons (Fsp3) is 0.414. The number of rotatable bonds is 13.